The standard InChI is InChI=1S/C19H21NO7S/c1-3-4-13-5-7-16(15(10-13)19(23)24)20-28(25,26)14-6-8-17(12(2)9-14)27-11-18(21)22/h5-10,20H,3-4,11H2,1-2H3,(H,21,22)(H,23,24). The molecule has 9 heteroatoms. The third-order valence-electron chi connectivity index (χ3n) is 3.91. The predicted octanol–water partition coefficient (Wildman–Crippen LogP) is 2.91. The lowest BCUT2D eigenvalue weighted by Crippen LogP contribution is -2.16. The quantitative estimate of drug-likeness (QED) is 0.582. The Labute approximate surface area is 162 Å². The normalized spacial score (nSPS) is 11.1. The highest BCUT2D eigenvalue weighted by Crippen LogP contribution is 2.26. The molecule has 0 heterocycles. The fraction of sp³-hybridized carbons (Fsp3) is 0.263. The monoisotopic (exact) mass is 407 g/mol. The Bertz CT molecular complexity index is 999. The molecule has 0 amide bonds. The first-order valence-corrected chi connectivity index (χ1v) is 9.96. The van der Waals surface area contributed by atoms with Gasteiger partial charge in [-0.3, -0.25) is 4.72 Å². The molecule has 2 aromatic rings. The predicted molar refractivity (Wildman–Crippen MR) is 103 cm³/mol. The molecule has 2 rings (SSSR count). The maximum atomic E-state index is 12.7. The molecule has 0 aliphatic rings. The van der Waals surface area contributed by atoms with Gasteiger partial charge in [0, 0.05) is 0 Å². The van der Waals surface area contributed by atoms with Gasteiger partial charge in [-0.2, -0.15) is 0 Å². The molecule has 0 unspecified atom stereocenters. The minimum atomic E-state index is -4.05. The van der Waals surface area contributed by atoms with Crippen LogP contribution in [-0.2, 0) is 21.2 Å². The summed E-state index contributed by atoms with van der Waals surface area (Å²) in [4.78, 5) is 22.0. The van der Waals surface area contributed by atoms with Gasteiger partial charge in [0.1, 0.15) is 5.75 Å². The summed E-state index contributed by atoms with van der Waals surface area (Å²) in [6.45, 7) is 3.00. The lowest BCUT2D eigenvalue weighted by atomic mass is 10.1. The summed E-state index contributed by atoms with van der Waals surface area (Å²) in [5.41, 5.74) is 1.07. The summed E-state index contributed by atoms with van der Waals surface area (Å²) in [7, 11) is -4.05. The van der Waals surface area contributed by atoms with E-state index in [9.17, 15) is 23.1 Å². The third kappa shape index (κ3) is 5.23. The molecular weight excluding hydrogens is 386 g/mol. The number of carboxylic acids is 2. The van der Waals surface area contributed by atoms with Crippen LogP contribution in [0.4, 0.5) is 5.69 Å². The first-order valence-electron chi connectivity index (χ1n) is 8.48. The number of benzene rings is 2. The molecular formula is C19H21NO7S. The van der Waals surface area contributed by atoms with Crippen LogP contribution in [-0.4, -0.2) is 37.2 Å². The van der Waals surface area contributed by atoms with Crippen LogP contribution in [0, 0.1) is 6.92 Å². The number of aromatic carboxylic acids is 1. The average molecular weight is 407 g/mol. The highest BCUT2D eigenvalue weighted by Gasteiger charge is 2.20. The number of ether oxygens (including phenoxy) is 1. The molecule has 0 aromatic heterocycles. The first-order chi connectivity index (χ1) is 13.1. The molecule has 0 spiro atoms. The van der Waals surface area contributed by atoms with Gasteiger partial charge in [0.05, 0.1) is 16.1 Å². The van der Waals surface area contributed by atoms with Gasteiger partial charge in [0.25, 0.3) is 10.0 Å². The summed E-state index contributed by atoms with van der Waals surface area (Å²) < 4.78 is 32.7. The van der Waals surface area contributed by atoms with E-state index in [4.69, 9.17) is 9.84 Å². The molecule has 0 aliphatic carbocycles. The lowest BCUT2D eigenvalue weighted by Gasteiger charge is -2.13. The summed E-state index contributed by atoms with van der Waals surface area (Å²) in [6.07, 6.45) is 1.52. The van der Waals surface area contributed by atoms with Gasteiger partial charge in [0.15, 0.2) is 6.61 Å². The Kier molecular flexibility index (Phi) is 6.63. The van der Waals surface area contributed by atoms with Crippen LogP contribution in [0.25, 0.3) is 0 Å². The van der Waals surface area contributed by atoms with E-state index in [0.29, 0.717) is 12.0 Å². The van der Waals surface area contributed by atoms with E-state index in [2.05, 4.69) is 4.72 Å². The zero-order chi connectivity index (χ0) is 20.9. The second-order valence-electron chi connectivity index (χ2n) is 6.15. The van der Waals surface area contributed by atoms with Crippen LogP contribution in [0.1, 0.15) is 34.8 Å². The maximum Gasteiger partial charge on any atom is 0.341 e. The first kappa shape index (κ1) is 21.2. The van der Waals surface area contributed by atoms with E-state index in [1.807, 2.05) is 6.92 Å². The van der Waals surface area contributed by atoms with Crippen molar-refractivity contribution in [2.75, 3.05) is 11.3 Å². The highest BCUT2D eigenvalue weighted by molar-refractivity contribution is 7.92. The lowest BCUT2D eigenvalue weighted by molar-refractivity contribution is -0.139. The Balaban J connectivity index is 2.32. The van der Waals surface area contributed by atoms with Crippen LogP contribution < -0.4 is 9.46 Å². The van der Waals surface area contributed by atoms with Crippen LogP contribution in [0.15, 0.2) is 41.3 Å². The van der Waals surface area contributed by atoms with E-state index in [1.165, 1.54) is 30.3 Å². The molecule has 0 atom stereocenters. The Morgan fingerprint density at radius 1 is 1.11 bits per heavy atom. The maximum absolute atomic E-state index is 12.7. The molecule has 0 fully saturated rings. The summed E-state index contributed by atoms with van der Waals surface area (Å²) in [6, 6.07) is 8.52. The topological polar surface area (TPSA) is 130 Å². The van der Waals surface area contributed by atoms with Crippen molar-refractivity contribution in [3.63, 3.8) is 0 Å². The summed E-state index contributed by atoms with van der Waals surface area (Å²) in [5, 5.41) is 18.1. The van der Waals surface area contributed by atoms with Crippen molar-refractivity contribution in [1.82, 2.24) is 0 Å². The molecule has 0 radical (unpaired) electrons. The largest absolute Gasteiger partial charge is 0.482 e. The molecule has 150 valence electrons. The van der Waals surface area contributed by atoms with E-state index in [1.54, 1.807) is 13.0 Å². The molecule has 28 heavy (non-hydrogen) atoms. The van der Waals surface area contributed by atoms with Gasteiger partial charge >= 0.3 is 11.9 Å². The molecule has 0 saturated heterocycles. The van der Waals surface area contributed by atoms with Gasteiger partial charge in [-0.1, -0.05) is 19.4 Å². The second-order valence-corrected chi connectivity index (χ2v) is 7.83. The number of hydrogen-bond acceptors (Lipinski definition) is 5. The van der Waals surface area contributed by atoms with Crippen molar-refractivity contribution in [1.29, 1.82) is 0 Å². The Hall–Kier alpha value is -3.07. The van der Waals surface area contributed by atoms with Crippen LogP contribution in [0.3, 0.4) is 0 Å². The third-order valence-corrected chi connectivity index (χ3v) is 5.27. The number of hydrogen-bond donors (Lipinski definition) is 3. The fourth-order valence-corrected chi connectivity index (χ4v) is 3.76. The number of aryl methyl sites for hydroxylation is 2. The fourth-order valence-electron chi connectivity index (χ4n) is 2.60. The van der Waals surface area contributed by atoms with Gasteiger partial charge < -0.3 is 14.9 Å². The van der Waals surface area contributed by atoms with E-state index >= 15 is 0 Å². The van der Waals surface area contributed by atoms with Crippen molar-refractivity contribution in [2.24, 2.45) is 0 Å². The van der Waals surface area contributed by atoms with E-state index < -0.39 is 28.6 Å². The number of nitrogens with one attached hydrogen (secondary N) is 1. The molecule has 0 bridgehead atoms. The smallest absolute Gasteiger partial charge is 0.341 e. The molecule has 8 nitrogen and oxygen atoms in total. The molecule has 2 aromatic carbocycles. The summed E-state index contributed by atoms with van der Waals surface area (Å²) >= 11 is 0. The van der Waals surface area contributed by atoms with Crippen LogP contribution >= 0.6 is 0 Å². The Morgan fingerprint density at radius 2 is 1.82 bits per heavy atom. The van der Waals surface area contributed by atoms with Crippen molar-refractivity contribution in [3.05, 3.63) is 53.1 Å². The second kappa shape index (κ2) is 8.75. The molecule has 0 saturated carbocycles. The number of carbonyl (C=O) groups is 2. The number of sulfonamides is 1. The van der Waals surface area contributed by atoms with Gasteiger partial charge in [-0.15, -0.1) is 0 Å². The summed E-state index contributed by atoms with van der Waals surface area (Å²) in [5.74, 6) is -2.13. The van der Waals surface area contributed by atoms with Crippen molar-refractivity contribution >= 4 is 27.6 Å². The van der Waals surface area contributed by atoms with Crippen molar-refractivity contribution < 1.29 is 33.0 Å². The van der Waals surface area contributed by atoms with Gasteiger partial charge in [-0.25, -0.2) is 18.0 Å². The highest BCUT2D eigenvalue weighted by atomic mass is 32.2. The van der Waals surface area contributed by atoms with E-state index in [-0.39, 0.29) is 21.9 Å². The van der Waals surface area contributed by atoms with Gasteiger partial charge in [-0.05, 0) is 54.8 Å². The number of carboxylic acid groups (broad SMARTS) is 2. The SMILES string of the molecule is CCCc1ccc(NS(=O)(=O)c2ccc(OCC(=O)O)c(C)c2)c(C(=O)O)c1. The zero-order valence-corrected chi connectivity index (χ0v) is 16.2. The number of aliphatic carboxylic acids is 1. The number of anilines is 1. The average Bonchev–Trinajstić information content (AvgIpc) is 2.61. The zero-order valence-electron chi connectivity index (χ0n) is 15.4. The van der Waals surface area contributed by atoms with Crippen LogP contribution in [0.5, 0.6) is 5.75 Å². The molecule has 3 N–H and O–H groups in total. The minimum Gasteiger partial charge on any atom is -0.482 e. The minimum absolute atomic E-state index is 0.0313. The van der Waals surface area contributed by atoms with E-state index in [0.717, 1.165) is 12.0 Å². The van der Waals surface area contributed by atoms with Crippen molar-refractivity contribution in [3.8, 4) is 5.75 Å². The van der Waals surface area contributed by atoms with Gasteiger partial charge in [0.2, 0.25) is 0 Å². The number of rotatable bonds is 9. The molecule has 0 aliphatic heterocycles. The van der Waals surface area contributed by atoms with Crippen molar-refractivity contribution in [2.45, 2.75) is 31.6 Å². The Morgan fingerprint density at radius 3 is 2.39 bits per heavy atom. The van der Waals surface area contributed by atoms with Crippen LogP contribution in [0.2, 0.25) is 0 Å².